The molecule has 2 saturated heterocycles. The van der Waals surface area contributed by atoms with Crippen LogP contribution in [0.5, 0.6) is 5.75 Å². The number of aryl methyl sites for hydroxylation is 1. The first-order valence-electron chi connectivity index (χ1n) is 20.4. The Morgan fingerprint density at radius 2 is 1.73 bits per heavy atom. The highest BCUT2D eigenvalue weighted by atomic mass is 16.5. The molecule has 17 heteroatoms. The topological polar surface area (TPSA) is 197 Å². The van der Waals surface area contributed by atoms with E-state index in [0.717, 1.165) is 85.2 Å². The SMILES string of the molecule is Cc1cccc(C(=O)NC2CC(n3cnc4c(NCc5cccc(OCCCN6CCN(c7ccc8c(c7)C(=O)N(C7CCC(=O)NC7=O)C8=O)CC6)c5)ncnc43)C2)n1. The molecule has 3 N–H and O–H groups in total. The molecule has 1 atom stereocenters. The third kappa shape index (κ3) is 7.87. The Bertz CT molecular complexity index is 2490. The number of nitrogens with one attached hydrogen (secondary N) is 3. The zero-order valence-corrected chi connectivity index (χ0v) is 33.2. The Hall–Kier alpha value is -6.75. The van der Waals surface area contributed by atoms with E-state index >= 15 is 0 Å². The number of fused-ring (bicyclic) bond motifs is 2. The molecule has 5 aromatic rings. The molecule has 9 rings (SSSR count). The van der Waals surface area contributed by atoms with Crippen molar-refractivity contribution in [3.05, 3.63) is 101 Å². The van der Waals surface area contributed by atoms with Gasteiger partial charge in [-0.2, -0.15) is 0 Å². The molecule has 0 radical (unpaired) electrons. The summed E-state index contributed by atoms with van der Waals surface area (Å²) in [6, 6.07) is 17.9. The van der Waals surface area contributed by atoms with Crippen LogP contribution < -0.4 is 25.6 Å². The number of carbonyl (C=O) groups excluding carboxylic acids is 5. The van der Waals surface area contributed by atoms with Gasteiger partial charge in [0.05, 0.1) is 24.1 Å². The van der Waals surface area contributed by atoms with Gasteiger partial charge in [-0.1, -0.05) is 18.2 Å². The van der Waals surface area contributed by atoms with Gasteiger partial charge in [-0.15, -0.1) is 0 Å². The second-order valence-electron chi connectivity index (χ2n) is 15.7. The van der Waals surface area contributed by atoms with Crippen LogP contribution in [0.3, 0.4) is 0 Å². The maximum Gasteiger partial charge on any atom is 0.270 e. The third-order valence-electron chi connectivity index (χ3n) is 11.7. The Morgan fingerprint density at radius 3 is 2.55 bits per heavy atom. The van der Waals surface area contributed by atoms with Gasteiger partial charge in [-0.05, 0) is 80.6 Å². The van der Waals surface area contributed by atoms with Crippen LogP contribution >= 0.6 is 0 Å². The minimum atomic E-state index is -0.980. The quantitative estimate of drug-likeness (QED) is 0.116. The predicted molar refractivity (Wildman–Crippen MR) is 219 cm³/mol. The summed E-state index contributed by atoms with van der Waals surface area (Å²) in [7, 11) is 0. The van der Waals surface area contributed by atoms with Gasteiger partial charge in [0.25, 0.3) is 17.7 Å². The number of benzene rings is 2. The van der Waals surface area contributed by atoms with E-state index < -0.39 is 29.7 Å². The summed E-state index contributed by atoms with van der Waals surface area (Å²) in [5.41, 5.74) is 5.15. The molecule has 60 heavy (non-hydrogen) atoms. The summed E-state index contributed by atoms with van der Waals surface area (Å²) in [6.07, 6.45) is 5.97. The van der Waals surface area contributed by atoms with Crippen molar-refractivity contribution in [2.24, 2.45) is 0 Å². The van der Waals surface area contributed by atoms with Crippen LogP contribution in [0.2, 0.25) is 0 Å². The number of hydrogen-bond acceptors (Lipinski definition) is 13. The van der Waals surface area contributed by atoms with Crippen molar-refractivity contribution in [1.29, 1.82) is 0 Å². The first-order chi connectivity index (χ1) is 29.2. The van der Waals surface area contributed by atoms with E-state index in [-0.39, 0.29) is 36.4 Å². The highest BCUT2D eigenvalue weighted by Gasteiger charge is 2.45. The molecule has 17 nitrogen and oxygen atoms in total. The lowest BCUT2D eigenvalue weighted by Crippen LogP contribution is -2.54. The third-order valence-corrected chi connectivity index (χ3v) is 11.7. The first kappa shape index (κ1) is 38.8. The van der Waals surface area contributed by atoms with Crippen molar-refractivity contribution in [2.75, 3.05) is 49.5 Å². The van der Waals surface area contributed by atoms with E-state index in [1.807, 2.05) is 49.4 Å². The molecule has 1 aliphatic carbocycles. The van der Waals surface area contributed by atoms with Crippen LogP contribution in [0.1, 0.15) is 80.6 Å². The van der Waals surface area contributed by atoms with E-state index in [2.05, 4.69) is 50.3 Å². The van der Waals surface area contributed by atoms with E-state index in [1.54, 1.807) is 30.9 Å². The zero-order valence-electron chi connectivity index (χ0n) is 33.2. The molecule has 1 saturated carbocycles. The molecule has 2 aromatic carbocycles. The van der Waals surface area contributed by atoms with Gasteiger partial charge in [0.1, 0.15) is 29.3 Å². The van der Waals surface area contributed by atoms with Crippen molar-refractivity contribution in [2.45, 2.75) is 63.7 Å². The van der Waals surface area contributed by atoms with Gasteiger partial charge in [0.2, 0.25) is 11.8 Å². The number of pyridine rings is 1. The number of imide groups is 2. The average molecular weight is 812 g/mol. The van der Waals surface area contributed by atoms with Crippen LogP contribution in [0.25, 0.3) is 11.2 Å². The minimum Gasteiger partial charge on any atom is -0.494 e. The molecular formula is C43H45N11O6. The first-order valence-corrected chi connectivity index (χ1v) is 20.4. The van der Waals surface area contributed by atoms with Crippen molar-refractivity contribution in [3.63, 3.8) is 0 Å². The fraction of sp³-hybridized carbons (Fsp3) is 0.372. The summed E-state index contributed by atoms with van der Waals surface area (Å²) in [5.74, 6) is -0.725. The number of carbonyl (C=O) groups is 5. The van der Waals surface area contributed by atoms with Crippen LogP contribution in [-0.4, -0.2) is 115 Å². The fourth-order valence-corrected chi connectivity index (χ4v) is 8.40. The Labute approximate surface area is 345 Å². The minimum absolute atomic E-state index is 0.0596. The van der Waals surface area contributed by atoms with Crippen LogP contribution in [0, 0.1) is 6.92 Å². The van der Waals surface area contributed by atoms with E-state index in [0.29, 0.717) is 35.7 Å². The lowest BCUT2D eigenvalue weighted by molar-refractivity contribution is -0.136. The van der Waals surface area contributed by atoms with Crippen LogP contribution in [0.4, 0.5) is 11.5 Å². The van der Waals surface area contributed by atoms with Crippen LogP contribution in [-0.2, 0) is 16.1 Å². The fourth-order valence-electron chi connectivity index (χ4n) is 8.40. The average Bonchev–Trinajstić information content (AvgIpc) is 3.78. The van der Waals surface area contributed by atoms with Gasteiger partial charge < -0.3 is 24.8 Å². The Kier molecular flexibility index (Phi) is 10.6. The number of amides is 5. The van der Waals surface area contributed by atoms with Gasteiger partial charge in [-0.3, -0.25) is 39.1 Å². The standard InChI is InChI=1S/C43H45N11O6/c1-26-5-2-8-34(48-26)40(56)49-28-20-30(21-28)53-25-47-37-38(45-24-46-39(37)53)44-23-27-6-3-7-31(19-27)60-18-4-13-51-14-16-52(17-15-51)29-9-10-32-33(22-29)43(59)54(42(32)58)35-11-12-36(55)50-41(35)57/h2-3,5-10,19,22,24-25,28,30,35H,4,11-18,20-21,23H2,1H3,(H,49,56)(H,44,45,46)(H,50,55,57). The maximum absolute atomic E-state index is 13.3. The molecule has 3 aliphatic heterocycles. The maximum atomic E-state index is 13.3. The van der Waals surface area contributed by atoms with Gasteiger partial charge in [0.15, 0.2) is 11.5 Å². The van der Waals surface area contributed by atoms with E-state index in [9.17, 15) is 24.0 Å². The number of piperidine rings is 1. The van der Waals surface area contributed by atoms with Crippen molar-refractivity contribution in [3.8, 4) is 5.75 Å². The number of imidazole rings is 1. The normalized spacial score (nSPS) is 20.5. The molecular weight excluding hydrogens is 767 g/mol. The molecule has 1 unspecified atom stereocenters. The highest BCUT2D eigenvalue weighted by Crippen LogP contribution is 2.35. The number of aromatic nitrogens is 5. The molecule has 5 amide bonds. The predicted octanol–water partition coefficient (Wildman–Crippen LogP) is 3.27. The molecule has 6 heterocycles. The molecule has 3 aromatic heterocycles. The summed E-state index contributed by atoms with van der Waals surface area (Å²) in [6.45, 7) is 7.05. The molecule has 308 valence electrons. The molecule has 4 aliphatic rings. The Balaban J connectivity index is 0.713. The number of ether oxygens (including phenoxy) is 1. The zero-order chi connectivity index (χ0) is 41.3. The van der Waals surface area contributed by atoms with E-state index in [1.165, 1.54) is 0 Å². The summed E-state index contributed by atoms with van der Waals surface area (Å²) in [4.78, 5) is 86.6. The van der Waals surface area contributed by atoms with Crippen molar-refractivity contribution >= 4 is 52.2 Å². The Morgan fingerprint density at radius 1 is 0.917 bits per heavy atom. The largest absolute Gasteiger partial charge is 0.494 e. The lowest BCUT2D eigenvalue weighted by atomic mass is 9.86. The number of anilines is 2. The van der Waals surface area contributed by atoms with Gasteiger partial charge in [0, 0.05) is 69.2 Å². The number of hydrogen-bond donors (Lipinski definition) is 3. The highest BCUT2D eigenvalue weighted by molar-refractivity contribution is 6.23. The lowest BCUT2D eigenvalue weighted by Gasteiger charge is -2.36. The van der Waals surface area contributed by atoms with E-state index in [4.69, 9.17) is 4.74 Å². The van der Waals surface area contributed by atoms with Crippen LogP contribution in [0.15, 0.2) is 73.3 Å². The smallest absolute Gasteiger partial charge is 0.270 e. The molecule has 0 bridgehead atoms. The monoisotopic (exact) mass is 811 g/mol. The second kappa shape index (κ2) is 16.5. The van der Waals surface area contributed by atoms with Crippen molar-refractivity contribution < 1.29 is 28.7 Å². The summed E-state index contributed by atoms with van der Waals surface area (Å²) in [5, 5.41) is 8.74. The summed E-state index contributed by atoms with van der Waals surface area (Å²) >= 11 is 0. The number of nitrogens with zero attached hydrogens (tertiary/aromatic N) is 8. The summed E-state index contributed by atoms with van der Waals surface area (Å²) < 4.78 is 8.21. The second-order valence-corrected chi connectivity index (χ2v) is 15.7. The number of piperazine rings is 1. The molecule has 3 fully saturated rings. The molecule has 0 spiro atoms. The van der Waals surface area contributed by atoms with Gasteiger partial charge >= 0.3 is 0 Å². The van der Waals surface area contributed by atoms with Crippen molar-refractivity contribution in [1.82, 2.24) is 44.9 Å². The van der Waals surface area contributed by atoms with Gasteiger partial charge in [-0.25, -0.2) is 19.9 Å². The number of rotatable bonds is 13.